The summed E-state index contributed by atoms with van der Waals surface area (Å²) in [6.45, 7) is 17.1. The van der Waals surface area contributed by atoms with E-state index in [0.717, 1.165) is 83.4 Å². The average Bonchev–Trinajstić information content (AvgIpc) is 1.55. The van der Waals surface area contributed by atoms with E-state index in [9.17, 15) is 39.0 Å². The molecule has 2 N–H and O–H groups in total. The van der Waals surface area contributed by atoms with Gasteiger partial charge in [-0.2, -0.15) is 0 Å². The van der Waals surface area contributed by atoms with Gasteiger partial charge in [-0.15, -0.1) is 0 Å². The number of aryl methyl sites for hydroxylation is 2. The molecule has 0 saturated carbocycles. The van der Waals surface area contributed by atoms with E-state index in [1.807, 2.05) is 36.1 Å². The second-order valence-electron chi connectivity index (χ2n) is 24.2. The molecule has 0 aliphatic carbocycles. The van der Waals surface area contributed by atoms with E-state index in [1.54, 1.807) is 45.2 Å². The van der Waals surface area contributed by atoms with Crippen molar-refractivity contribution in [1.29, 1.82) is 0 Å². The van der Waals surface area contributed by atoms with Crippen molar-refractivity contribution in [3.63, 3.8) is 0 Å². The van der Waals surface area contributed by atoms with Crippen LogP contribution in [0.15, 0.2) is 70.8 Å². The maximum atomic E-state index is 13.6. The van der Waals surface area contributed by atoms with Crippen molar-refractivity contribution in [2.24, 2.45) is 0 Å². The SMILES string of the molecule is C.C.C=C[C@@]1(O)C(=O)OCc2c1cc1n(c2=O)Cc2c-1nc1ccc(OC(=O)N3CCC(N4CCCCC4)CC3)cc1c2CC.CCc1c2c(nc3ccc(OC(=O)N4CCC(N5CCCCC5)CC4)cc13)-c1cc3c(c(=O)n1C2)COC(=O)[C@]3(O)CC. The summed E-state index contributed by atoms with van der Waals surface area (Å²) in [6, 6.07) is 15.4. The molecular weight excluding hydrogens is 1120 g/mol. The van der Waals surface area contributed by atoms with Gasteiger partial charge in [0.15, 0.2) is 5.60 Å². The Balaban J connectivity index is 0.000000178. The number of rotatable bonds is 8. The summed E-state index contributed by atoms with van der Waals surface area (Å²) in [4.78, 5) is 96.9. The van der Waals surface area contributed by atoms with E-state index < -0.39 is 23.1 Å². The first-order valence-electron chi connectivity index (χ1n) is 30.9. The second-order valence-corrected chi connectivity index (χ2v) is 24.2. The van der Waals surface area contributed by atoms with Crippen molar-refractivity contribution in [1.82, 2.24) is 38.7 Å². The van der Waals surface area contributed by atoms with E-state index in [0.29, 0.717) is 115 Å². The molecule has 0 spiro atoms. The Hall–Kier alpha value is -7.78. The Morgan fingerprint density at radius 3 is 1.43 bits per heavy atom. The van der Waals surface area contributed by atoms with Gasteiger partial charge in [-0.3, -0.25) is 9.59 Å². The number of piperidine rings is 4. The van der Waals surface area contributed by atoms with Gasteiger partial charge < -0.3 is 57.9 Å². The van der Waals surface area contributed by atoms with Crippen molar-refractivity contribution >= 4 is 45.9 Å². The highest BCUT2D eigenvalue weighted by atomic mass is 16.6. The molecule has 0 radical (unpaired) electrons. The summed E-state index contributed by atoms with van der Waals surface area (Å²) in [6.07, 6.45) is 13.5. The second kappa shape index (κ2) is 24.7. The molecule has 2 aromatic carbocycles. The van der Waals surface area contributed by atoms with E-state index in [1.165, 1.54) is 51.6 Å². The predicted molar refractivity (Wildman–Crippen MR) is 333 cm³/mol. The summed E-state index contributed by atoms with van der Waals surface area (Å²) >= 11 is 0. The maximum absolute atomic E-state index is 13.6. The number of carbonyl (C=O) groups excluding carboxylic acids is 4. The lowest BCUT2D eigenvalue weighted by molar-refractivity contribution is -0.172. The first-order valence-corrected chi connectivity index (χ1v) is 30.9. The van der Waals surface area contributed by atoms with Gasteiger partial charge in [-0.05, 0) is 163 Å². The molecule has 12 heterocycles. The molecule has 14 rings (SSSR count). The first-order chi connectivity index (χ1) is 41.6. The topological polar surface area (TPSA) is 228 Å². The number of aromatic nitrogens is 4. The zero-order valence-corrected chi connectivity index (χ0v) is 49.3. The third kappa shape index (κ3) is 10.6. The molecule has 0 unspecified atom stereocenters. The number of aliphatic hydroxyl groups is 2. The number of cyclic esters (lactones) is 2. The summed E-state index contributed by atoms with van der Waals surface area (Å²) in [7, 11) is 0. The normalized spacial score (nSPS) is 21.6. The molecule has 6 aromatic rings. The zero-order valence-electron chi connectivity index (χ0n) is 49.3. The molecule has 20 heteroatoms. The van der Waals surface area contributed by atoms with Gasteiger partial charge >= 0.3 is 24.1 Å². The summed E-state index contributed by atoms with van der Waals surface area (Å²) in [5.74, 6) is -0.660. The Kier molecular flexibility index (Phi) is 17.3. The number of likely N-dealkylation sites (tertiary alicyclic amines) is 4. The lowest BCUT2D eigenvalue weighted by Crippen LogP contribution is -2.48. The van der Waals surface area contributed by atoms with E-state index in [2.05, 4.69) is 23.3 Å². The van der Waals surface area contributed by atoms with Crippen molar-refractivity contribution < 1.29 is 48.3 Å². The molecule has 8 aliphatic rings. The molecule has 0 bridgehead atoms. The van der Waals surface area contributed by atoms with E-state index in [-0.39, 0.29) is 68.9 Å². The minimum atomic E-state index is -2.10. The Morgan fingerprint density at radius 2 is 1.01 bits per heavy atom. The number of hydrogen-bond acceptors (Lipinski definition) is 16. The van der Waals surface area contributed by atoms with E-state index >= 15 is 0 Å². The molecule has 4 aromatic heterocycles. The number of amides is 2. The number of ether oxygens (including phenoxy) is 4. The van der Waals surface area contributed by atoms with Crippen LogP contribution in [0.4, 0.5) is 9.59 Å². The van der Waals surface area contributed by atoms with Crippen LogP contribution in [-0.4, -0.2) is 137 Å². The van der Waals surface area contributed by atoms with Crippen molar-refractivity contribution in [2.45, 2.75) is 169 Å². The fraction of sp³-hybridized carbons (Fsp3) is 0.500. The van der Waals surface area contributed by atoms with Crippen LogP contribution in [0, 0.1) is 0 Å². The highest BCUT2D eigenvalue weighted by Crippen LogP contribution is 2.43. The van der Waals surface area contributed by atoms with Crippen LogP contribution in [0.25, 0.3) is 44.6 Å². The largest absolute Gasteiger partial charge is 0.458 e. The van der Waals surface area contributed by atoms with Crippen molar-refractivity contribution in [3.05, 3.63) is 126 Å². The van der Waals surface area contributed by atoms with Gasteiger partial charge in [0.05, 0.1) is 58.0 Å². The third-order valence-corrected chi connectivity index (χ3v) is 19.7. The first kappa shape index (κ1) is 61.9. The maximum Gasteiger partial charge on any atom is 0.415 e. The van der Waals surface area contributed by atoms with Gasteiger partial charge in [-0.25, -0.2) is 29.1 Å². The summed E-state index contributed by atoms with van der Waals surface area (Å²) in [5.41, 5.74) is 4.15. The molecule has 2 amide bonds. The van der Waals surface area contributed by atoms with Crippen LogP contribution in [0.5, 0.6) is 11.5 Å². The van der Waals surface area contributed by atoms with Crippen LogP contribution in [0.2, 0.25) is 0 Å². The fourth-order valence-electron chi connectivity index (χ4n) is 14.8. The average molecular weight is 1200 g/mol. The minimum absolute atomic E-state index is 0. The fourth-order valence-corrected chi connectivity index (χ4v) is 14.8. The molecule has 20 nitrogen and oxygen atoms in total. The molecule has 8 aliphatic heterocycles. The van der Waals surface area contributed by atoms with Crippen LogP contribution < -0.4 is 20.6 Å². The van der Waals surface area contributed by atoms with Crippen LogP contribution in [0.1, 0.15) is 151 Å². The third-order valence-electron chi connectivity index (χ3n) is 19.7. The number of fused-ring (bicyclic) bond motifs is 10. The highest BCUT2D eigenvalue weighted by Gasteiger charge is 2.47. The molecule has 4 fully saturated rings. The van der Waals surface area contributed by atoms with Gasteiger partial charge in [0, 0.05) is 71.3 Å². The number of esters is 2. The lowest BCUT2D eigenvalue weighted by atomic mass is 9.86. The van der Waals surface area contributed by atoms with Gasteiger partial charge in [0.25, 0.3) is 11.1 Å². The Morgan fingerprint density at radius 1 is 0.591 bits per heavy atom. The van der Waals surface area contributed by atoms with Crippen LogP contribution >= 0.6 is 0 Å². The van der Waals surface area contributed by atoms with Gasteiger partial charge in [0.2, 0.25) is 5.60 Å². The number of pyridine rings is 4. The molecular formula is C68H82N8O12. The van der Waals surface area contributed by atoms with Crippen LogP contribution in [0.3, 0.4) is 0 Å². The molecule has 4 saturated heterocycles. The Labute approximate surface area is 512 Å². The quantitative estimate of drug-likeness (QED) is 0.107. The van der Waals surface area contributed by atoms with Gasteiger partial charge in [0.1, 0.15) is 24.7 Å². The number of carbonyl (C=O) groups is 4. The number of nitrogens with zero attached hydrogens (tertiary/aromatic N) is 8. The van der Waals surface area contributed by atoms with Crippen LogP contribution in [-0.2, 0) is 69.4 Å². The Bertz CT molecular complexity index is 3900. The van der Waals surface area contributed by atoms with Crippen molar-refractivity contribution in [2.75, 3.05) is 52.4 Å². The predicted octanol–water partition coefficient (Wildman–Crippen LogP) is 9.23. The number of hydrogen-bond donors (Lipinski definition) is 2. The smallest absolute Gasteiger partial charge is 0.415 e. The summed E-state index contributed by atoms with van der Waals surface area (Å²) < 4.78 is 25.3. The minimum Gasteiger partial charge on any atom is -0.458 e. The monoisotopic (exact) mass is 1200 g/mol. The number of benzene rings is 2. The van der Waals surface area contributed by atoms with Gasteiger partial charge in [-0.1, -0.05) is 55.0 Å². The molecule has 88 heavy (non-hydrogen) atoms. The van der Waals surface area contributed by atoms with Crippen molar-refractivity contribution in [3.8, 4) is 34.3 Å². The molecule has 466 valence electrons. The van der Waals surface area contributed by atoms with E-state index in [4.69, 9.17) is 28.9 Å². The summed E-state index contributed by atoms with van der Waals surface area (Å²) in [5, 5.41) is 23.9. The zero-order chi connectivity index (χ0) is 59.8. The highest BCUT2D eigenvalue weighted by molar-refractivity contribution is 5.92. The standard InChI is InChI=1S/C33H38N4O6.C33H36N4O6.2CH4/c2*1-3-22-23-16-21(43-32(40)36-14-10-20(11-15-36)35-12-6-5-7-13-35)8-9-27(23)34-29-24(22)18-37-28(29)17-26-25(30(37)38)19-42-31(39)33(26,41)4-2;;/h8-9,16-17,20,41H,3-7,10-15,18-19H2,1-2H3;4,8-9,16-17,20,41H,2-3,5-7,10-15,18-19H2,1H3;2*1H4/t2*33-;;/m00../s1. The lowest BCUT2D eigenvalue weighted by Gasteiger charge is -2.39. The molecule has 2 atom stereocenters.